The number of aromatic nitrogens is 2. The van der Waals surface area contributed by atoms with Crippen molar-refractivity contribution in [1.29, 1.82) is 0 Å². The highest BCUT2D eigenvalue weighted by Crippen LogP contribution is 2.23. The zero-order valence-electron chi connectivity index (χ0n) is 15.4. The lowest BCUT2D eigenvalue weighted by Crippen LogP contribution is -2.49. The molecule has 0 bridgehead atoms. The first-order chi connectivity index (χ1) is 11.3. The number of hydrogen-bond acceptors (Lipinski definition) is 3. The van der Waals surface area contributed by atoms with Gasteiger partial charge in [-0.25, -0.2) is 14.8 Å². The summed E-state index contributed by atoms with van der Waals surface area (Å²) in [6.07, 6.45) is 2.74. The summed E-state index contributed by atoms with van der Waals surface area (Å²) in [4.78, 5) is 25.2. The number of urea groups is 1. The number of carbonyl (C=O) groups is 2. The number of nitrogens with one attached hydrogen (secondary N) is 1. The lowest BCUT2D eigenvalue weighted by atomic mass is 9.92. The van der Waals surface area contributed by atoms with Gasteiger partial charge in [0.25, 0.3) is 5.91 Å². The van der Waals surface area contributed by atoms with Gasteiger partial charge in [-0.1, -0.05) is 34.1 Å². The molecule has 2 heterocycles. The summed E-state index contributed by atoms with van der Waals surface area (Å²) in [5, 5.41) is 10.4. The molecule has 1 N–H and O–H groups in total. The van der Waals surface area contributed by atoms with E-state index in [0.29, 0.717) is 25.3 Å². The predicted octanol–water partition coefficient (Wildman–Crippen LogP) is 2.29. The van der Waals surface area contributed by atoms with Crippen LogP contribution in [0.2, 0.25) is 0 Å². The van der Waals surface area contributed by atoms with Gasteiger partial charge in [0.05, 0.1) is 5.69 Å². The van der Waals surface area contributed by atoms with E-state index in [9.17, 15) is 9.59 Å². The molecule has 1 aromatic rings. The van der Waals surface area contributed by atoms with Crippen LogP contribution in [0.25, 0.3) is 0 Å². The third-order valence-electron chi connectivity index (χ3n) is 4.17. The van der Waals surface area contributed by atoms with Crippen LogP contribution in [0.4, 0.5) is 4.79 Å². The van der Waals surface area contributed by atoms with Gasteiger partial charge in [-0.2, -0.15) is 5.10 Å². The van der Waals surface area contributed by atoms with Crippen molar-refractivity contribution in [2.75, 3.05) is 19.6 Å². The summed E-state index contributed by atoms with van der Waals surface area (Å²) in [6, 6.07) is 1.63. The van der Waals surface area contributed by atoms with Gasteiger partial charge in [-0.05, 0) is 18.9 Å². The Morgan fingerprint density at radius 3 is 2.50 bits per heavy atom. The minimum atomic E-state index is -0.201. The van der Waals surface area contributed by atoms with Crippen molar-refractivity contribution in [3.8, 4) is 0 Å². The standard InChI is InChI=1S/C17H29N5O2/c1-6-7-9-18-16(24)22-11-8-10-21(22)15(23)13-12-14(17(2,3)4)19-20(13)5/h12H,6-11H2,1-5H3,(H,18,24). The lowest BCUT2D eigenvalue weighted by Gasteiger charge is -2.27. The van der Waals surface area contributed by atoms with Crippen LogP contribution in [-0.2, 0) is 12.5 Å². The predicted molar refractivity (Wildman–Crippen MR) is 92.6 cm³/mol. The number of hydrazine groups is 1. The third-order valence-corrected chi connectivity index (χ3v) is 4.17. The molecule has 0 aliphatic carbocycles. The van der Waals surface area contributed by atoms with Crippen molar-refractivity contribution in [2.24, 2.45) is 7.05 Å². The molecule has 2 rings (SSSR count). The Balaban J connectivity index is 2.13. The number of carbonyl (C=O) groups excluding carboxylic acids is 2. The molecule has 1 aromatic heterocycles. The number of unbranched alkanes of at least 4 members (excludes halogenated alkanes) is 1. The average Bonchev–Trinajstić information content (AvgIpc) is 3.12. The Morgan fingerprint density at radius 1 is 1.25 bits per heavy atom. The van der Waals surface area contributed by atoms with E-state index >= 15 is 0 Å². The number of nitrogens with zero attached hydrogens (tertiary/aromatic N) is 4. The number of hydrogen-bond donors (Lipinski definition) is 1. The molecule has 0 spiro atoms. The molecule has 0 aromatic carbocycles. The molecule has 24 heavy (non-hydrogen) atoms. The van der Waals surface area contributed by atoms with E-state index in [1.807, 2.05) is 6.07 Å². The van der Waals surface area contributed by atoms with E-state index in [1.165, 1.54) is 10.0 Å². The van der Waals surface area contributed by atoms with Gasteiger partial charge in [0.1, 0.15) is 5.69 Å². The van der Waals surface area contributed by atoms with Crippen LogP contribution in [0.15, 0.2) is 6.07 Å². The second-order valence-electron chi connectivity index (χ2n) is 7.28. The maximum absolute atomic E-state index is 12.9. The zero-order chi connectivity index (χ0) is 17.9. The Hall–Kier alpha value is -2.05. The molecule has 0 saturated carbocycles. The topological polar surface area (TPSA) is 70.5 Å². The van der Waals surface area contributed by atoms with Gasteiger partial charge < -0.3 is 5.32 Å². The van der Waals surface area contributed by atoms with Crippen molar-refractivity contribution in [3.05, 3.63) is 17.5 Å². The Kier molecular flexibility index (Phi) is 5.51. The fraction of sp³-hybridized carbons (Fsp3) is 0.706. The molecule has 1 aliphatic rings. The molecule has 0 radical (unpaired) electrons. The summed E-state index contributed by atoms with van der Waals surface area (Å²) in [6.45, 7) is 10.0. The first-order valence-electron chi connectivity index (χ1n) is 8.67. The summed E-state index contributed by atoms with van der Waals surface area (Å²) in [5.74, 6) is -0.177. The maximum atomic E-state index is 12.9. The summed E-state index contributed by atoms with van der Waals surface area (Å²) >= 11 is 0. The Morgan fingerprint density at radius 2 is 1.92 bits per heavy atom. The second-order valence-corrected chi connectivity index (χ2v) is 7.28. The van der Waals surface area contributed by atoms with Crippen LogP contribution in [0.3, 0.4) is 0 Å². The Bertz CT molecular complexity index is 603. The quantitative estimate of drug-likeness (QED) is 0.858. The monoisotopic (exact) mass is 335 g/mol. The van der Waals surface area contributed by atoms with Gasteiger partial charge in [0.15, 0.2) is 0 Å². The third kappa shape index (κ3) is 3.88. The van der Waals surface area contributed by atoms with Crippen molar-refractivity contribution in [2.45, 2.75) is 52.4 Å². The van der Waals surface area contributed by atoms with Gasteiger partial charge in [-0.3, -0.25) is 9.48 Å². The van der Waals surface area contributed by atoms with E-state index in [0.717, 1.165) is 25.0 Å². The normalized spacial score (nSPS) is 15.0. The van der Waals surface area contributed by atoms with Gasteiger partial charge in [-0.15, -0.1) is 0 Å². The molecule has 7 nitrogen and oxygen atoms in total. The van der Waals surface area contributed by atoms with Crippen LogP contribution in [0.1, 0.15) is 63.1 Å². The van der Waals surface area contributed by atoms with E-state index in [2.05, 4.69) is 38.1 Å². The highest BCUT2D eigenvalue weighted by atomic mass is 16.2. The molecule has 7 heteroatoms. The van der Waals surface area contributed by atoms with Crippen molar-refractivity contribution >= 4 is 11.9 Å². The average molecular weight is 335 g/mol. The Labute approximate surface area is 144 Å². The fourth-order valence-electron chi connectivity index (χ4n) is 2.66. The minimum absolute atomic E-state index is 0.126. The summed E-state index contributed by atoms with van der Waals surface area (Å²) in [5.41, 5.74) is 1.25. The van der Waals surface area contributed by atoms with E-state index in [1.54, 1.807) is 11.7 Å². The van der Waals surface area contributed by atoms with E-state index in [4.69, 9.17) is 0 Å². The molecule has 134 valence electrons. The largest absolute Gasteiger partial charge is 0.337 e. The molecular formula is C17H29N5O2. The zero-order valence-corrected chi connectivity index (χ0v) is 15.4. The molecule has 1 aliphatic heterocycles. The smallest absolute Gasteiger partial charge is 0.336 e. The van der Waals surface area contributed by atoms with E-state index < -0.39 is 0 Å². The highest BCUT2D eigenvalue weighted by molar-refractivity contribution is 5.94. The van der Waals surface area contributed by atoms with Crippen LogP contribution in [0.5, 0.6) is 0 Å². The molecular weight excluding hydrogens is 306 g/mol. The van der Waals surface area contributed by atoms with Gasteiger partial charge in [0, 0.05) is 32.1 Å². The summed E-state index contributed by atoms with van der Waals surface area (Å²) < 4.78 is 1.61. The van der Waals surface area contributed by atoms with Crippen LogP contribution >= 0.6 is 0 Å². The first kappa shape index (κ1) is 18.3. The van der Waals surface area contributed by atoms with Crippen molar-refractivity contribution in [1.82, 2.24) is 25.1 Å². The molecule has 1 saturated heterocycles. The van der Waals surface area contributed by atoms with Crippen LogP contribution in [0, 0.1) is 0 Å². The van der Waals surface area contributed by atoms with Crippen LogP contribution in [-0.4, -0.2) is 51.4 Å². The molecule has 3 amide bonds. The van der Waals surface area contributed by atoms with Crippen molar-refractivity contribution in [3.63, 3.8) is 0 Å². The second kappa shape index (κ2) is 7.23. The number of aryl methyl sites for hydroxylation is 1. The lowest BCUT2D eigenvalue weighted by molar-refractivity contribution is 0.0366. The highest BCUT2D eigenvalue weighted by Gasteiger charge is 2.33. The number of rotatable bonds is 4. The molecule has 1 fully saturated rings. The first-order valence-corrected chi connectivity index (χ1v) is 8.67. The van der Waals surface area contributed by atoms with Gasteiger partial charge in [0.2, 0.25) is 0 Å². The molecule has 0 unspecified atom stereocenters. The SMILES string of the molecule is CCCCNC(=O)N1CCCN1C(=O)c1cc(C(C)(C)C)nn1C. The van der Waals surface area contributed by atoms with Gasteiger partial charge >= 0.3 is 6.03 Å². The minimum Gasteiger partial charge on any atom is -0.337 e. The van der Waals surface area contributed by atoms with E-state index in [-0.39, 0.29) is 17.4 Å². The maximum Gasteiger partial charge on any atom is 0.336 e. The van der Waals surface area contributed by atoms with Crippen molar-refractivity contribution < 1.29 is 9.59 Å². The fourth-order valence-corrected chi connectivity index (χ4v) is 2.66. The number of amides is 3. The molecule has 0 atom stereocenters. The van der Waals surface area contributed by atoms with Crippen LogP contribution < -0.4 is 5.32 Å². The summed E-state index contributed by atoms with van der Waals surface area (Å²) in [7, 11) is 1.77.